The molecule has 2 nitrogen and oxygen atoms in total. The first-order chi connectivity index (χ1) is 15.8. The second-order valence-corrected chi connectivity index (χ2v) is 14.1. The van der Waals surface area contributed by atoms with Crippen molar-refractivity contribution < 1.29 is 9.53 Å². The first kappa shape index (κ1) is 27.0. The molecule has 0 radical (unpaired) electrons. The molecule has 0 saturated carbocycles. The van der Waals surface area contributed by atoms with Crippen LogP contribution in [0.3, 0.4) is 0 Å². The number of rotatable bonds is 13. The predicted octanol–water partition coefficient (Wildman–Crippen LogP) is 6.56. The molecule has 2 aromatic carbocycles. The third-order valence-corrected chi connectivity index (χ3v) is 11.1. The van der Waals surface area contributed by atoms with Gasteiger partial charge < -0.3 is 9.53 Å². The van der Waals surface area contributed by atoms with Crippen LogP contribution >= 0.6 is 0 Å². The van der Waals surface area contributed by atoms with E-state index in [1.54, 1.807) is 6.08 Å². The molecule has 3 heteroatoms. The van der Waals surface area contributed by atoms with E-state index in [1.165, 1.54) is 15.9 Å². The van der Waals surface area contributed by atoms with Gasteiger partial charge in [0.2, 0.25) is 0 Å². The lowest BCUT2D eigenvalue weighted by molar-refractivity contribution is 0.168. The minimum Gasteiger partial charge on any atom is -0.407 e. The van der Waals surface area contributed by atoms with Crippen molar-refractivity contribution in [2.24, 2.45) is 0 Å². The zero-order valence-corrected chi connectivity index (χ0v) is 22.0. The summed E-state index contributed by atoms with van der Waals surface area (Å²) in [6.45, 7) is 13.5. The fraction of sp³-hybridized carbons (Fsp3) is 0.400. The van der Waals surface area contributed by atoms with Gasteiger partial charge >= 0.3 is 0 Å². The van der Waals surface area contributed by atoms with Gasteiger partial charge in [-0.15, -0.1) is 6.58 Å². The Morgan fingerprint density at radius 3 is 2.12 bits per heavy atom. The Morgan fingerprint density at radius 2 is 1.61 bits per heavy atom. The molecule has 2 aromatic rings. The van der Waals surface area contributed by atoms with Crippen LogP contribution in [-0.4, -0.2) is 26.1 Å². The van der Waals surface area contributed by atoms with Crippen LogP contribution in [0.1, 0.15) is 59.8 Å². The van der Waals surface area contributed by atoms with Crippen molar-refractivity contribution in [3.05, 3.63) is 97.1 Å². The van der Waals surface area contributed by atoms with Crippen molar-refractivity contribution in [2.75, 3.05) is 6.61 Å². The molecule has 0 aliphatic carbocycles. The summed E-state index contributed by atoms with van der Waals surface area (Å²) in [6.07, 6.45) is 12.3. The normalized spacial score (nSPS) is 13.9. The average molecular weight is 463 g/mol. The molecule has 178 valence electrons. The lowest BCUT2D eigenvalue weighted by atomic mass is 10.1. The van der Waals surface area contributed by atoms with Gasteiger partial charge in [-0.05, 0) is 54.4 Å². The fourth-order valence-electron chi connectivity index (χ4n) is 4.30. The molecular formula is C30H42O2Si. The van der Waals surface area contributed by atoms with Gasteiger partial charge in [0.25, 0.3) is 8.32 Å². The summed E-state index contributed by atoms with van der Waals surface area (Å²) in [5, 5.41) is 12.5. The van der Waals surface area contributed by atoms with Gasteiger partial charge in [0.05, 0.1) is 6.10 Å². The SMILES string of the molecule is C=CC[C@H](O)CC/C(C)=C/C=C/CCCO[Si](c1ccccc1)(c1ccccc1)C(C)(C)C. The number of hydrogen-bond acceptors (Lipinski definition) is 2. The third kappa shape index (κ3) is 7.96. The van der Waals surface area contributed by atoms with Crippen LogP contribution in [0.4, 0.5) is 0 Å². The number of aliphatic hydroxyl groups excluding tert-OH is 1. The summed E-state index contributed by atoms with van der Waals surface area (Å²) in [5.74, 6) is 0. The first-order valence-corrected chi connectivity index (χ1v) is 14.1. The molecule has 0 heterocycles. The number of aliphatic hydroxyl groups is 1. The van der Waals surface area contributed by atoms with Gasteiger partial charge in [-0.1, -0.05) is 111 Å². The smallest absolute Gasteiger partial charge is 0.261 e. The minimum atomic E-state index is -2.43. The van der Waals surface area contributed by atoms with Crippen LogP contribution in [-0.2, 0) is 4.43 Å². The summed E-state index contributed by atoms with van der Waals surface area (Å²) >= 11 is 0. The average Bonchev–Trinajstić information content (AvgIpc) is 2.80. The zero-order valence-electron chi connectivity index (χ0n) is 21.0. The highest BCUT2D eigenvalue weighted by Gasteiger charge is 2.49. The van der Waals surface area contributed by atoms with Gasteiger partial charge in [-0.2, -0.15) is 0 Å². The Morgan fingerprint density at radius 1 is 1.03 bits per heavy atom. The predicted molar refractivity (Wildman–Crippen MR) is 146 cm³/mol. The maximum Gasteiger partial charge on any atom is 0.261 e. The van der Waals surface area contributed by atoms with Crippen LogP contribution in [0.5, 0.6) is 0 Å². The molecule has 1 atom stereocenters. The number of benzene rings is 2. The maximum atomic E-state index is 9.83. The van der Waals surface area contributed by atoms with E-state index in [2.05, 4.69) is 113 Å². The van der Waals surface area contributed by atoms with Gasteiger partial charge in [-0.3, -0.25) is 0 Å². The Bertz CT molecular complexity index is 839. The van der Waals surface area contributed by atoms with E-state index in [4.69, 9.17) is 4.43 Å². The Balaban J connectivity index is 2.01. The Labute approximate surface area is 202 Å². The van der Waals surface area contributed by atoms with E-state index in [0.29, 0.717) is 6.42 Å². The number of hydrogen-bond donors (Lipinski definition) is 1. The standard InChI is InChI=1S/C30H42O2Si/c1-6-17-27(31)24-23-26(2)18-11-7-8-16-25-32-33(30(3,4)5,28-19-12-9-13-20-28)29-21-14-10-15-22-29/h6-7,9-15,18-22,27,31H,1,8,16-17,23-25H2,2-5H3/b11-7+,26-18+/t27-/m0/s1. The molecule has 2 rings (SSSR count). The fourth-order valence-corrected chi connectivity index (χ4v) is 8.91. The van der Waals surface area contributed by atoms with Crippen LogP contribution in [0.15, 0.2) is 97.1 Å². The van der Waals surface area contributed by atoms with Crippen LogP contribution < -0.4 is 10.4 Å². The molecule has 0 aliphatic heterocycles. The molecule has 0 aliphatic rings. The molecule has 0 bridgehead atoms. The van der Waals surface area contributed by atoms with Gasteiger partial charge in [0.15, 0.2) is 0 Å². The molecule has 1 N–H and O–H groups in total. The maximum absolute atomic E-state index is 9.83. The summed E-state index contributed by atoms with van der Waals surface area (Å²) < 4.78 is 6.94. The zero-order chi connectivity index (χ0) is 24.2. The summed E-state index contributed by atoms with van der Waals surface area (Å²) in [4.78, 5) is 0. The monoisotopic (exact) mass is 462 g/mol. The van der Waals surface area contributed by atoms with E-state index in [1.807, 2.05) is 0 Å². The molecule has 0 aromatic heterocycles. The van der Waals surface area contributed by atoms with E-state index < -0.39 is 8.32 Å². The minimum absolute atomic E-state index is 0.0154. The molecule has 0 amide bonds. The van der Waals surface area contributed by atoms with E-state index >= 15 is 0 Å². The van der Waals surface area contributed by atoms with Crippen molar-refractivity contribution in [3.8, 4) is 0 Å². The van der Waals surface area contributed by atoms with Crippen molar-refractivity contribution in [3.63, 3.8) is 0 Å². The summed E-state index contributed by atoms with van der Waals surface area (Å²) in [7, 11) is -2.43. The summed E-state index contributed by atoms with van der Waals surface area (Å²) in [5.41, 5.74) is 1.29. The van der Waals surface area contributed by atoms with E-state index in [-0.39, 0.29) is 11.1 Å². The van der Waals surface area contributed by atoms with Gasteiger partial charge in [0, 0.05) is 6.61 Å². The highest BCUT2D eigenvalue weighted by atomic mass is 28.4. The van der Waals surface area contributed by atoms with Gasteiger partial charge in [-0.25, -0.2) is 0 Å². The second-order valence-electron chi connectivity index (χ2n) is 9.81. The molecule has 33 heavy (non-hydrogen) atoms. The van der Waals surface area contributed by atoms with Crippen molar-refractivity contribution in [1.82, 2.24) is 0 Å². The first-order valence-electron chi connectivity index (χ1n) is 12.2. The molecule has 0 spiro atoms. The largest absolute Gasteiger partial charge is 0.407 e. The van der Waals surface area contributed by atoms with Crippen LogP contribution in [0, 0.1) is 0 Å². The van der Waals surface area contributed by atoms with Crippen molar-refractivity contribution >= 4 is 18.7 Å². The van der Waals surface area contributed by atoms with Crippen LogP contribution in [0.25, 0.3) is 0 Å². The van der Waals surface area contributed by atoms with E-state index in [0.717, 1.165) is 32.3 Å². The third-order valence-electron chi connectivity index (χ3n) is 6.08. The number of allylic oxidation sites excluding steroid dienone is 4. The lowest BCUT2D eigenvalue weighted by Gasteiger charge is -2.43. The second kappa shape index (κ2) is 13.5. The molecular weight excluding hydrogens is 420 g/mol. The molecule has 0 fully saturated rings. The highest BCUT2D eigenvalue weighted by Crippen LogP contribution is 2.36. The van der Waals surface area contributed by atoms with Crippen LogP contribution in [0.2, 0.25) is 5.04 Å². The molecule has 0 saturated heterocycles. The quantitative estimate of drug-likeness (QED) is 0.158. The van der Waals surface area contributed by atoms with Crippen molar-refractivity contribution in [1.29, 1.82) is 0 Å². The Kier molecular flexibility index (Phi) is 11.1. The van der Waals surface area contributed by atoms with Crippen molar-refractivity contribution in [2.45, 2.75) is 70.9 Å². The molecule has 0 unspecified atom stereocenters. The lowest BCUT2D eigenvalue weighted by Crippen LogP contribution is -2.66. The highest BCUT2D eigenvalue weighted by molar-refractivity contribution is 6.99. The van der Waals surface area contributed by atoms with Gasteiger partial charge in [0.1, 0.15) is 0 Å². The summed E-state index contributed by atoms with van der Waals surface area (Å²) in [6, 6.07) is 21.6. The Hall–Kier alpha value is -2.20. The van der Waals surface area contributed by atoms with E-state index in [9.17, 15) is 5.11 Å². The number of unbranched alkanes of at least 4 members (excludes halogenated alkanes) is 1. The topological polar surface area (TPSA) is 29.5 Å².